The Balaban J connectivity index is 2.72. The van der Waals surface area contributed by atoms with Crippen molar-refractivity contribution in [2.24, 2.45) is 5.84 Å². The topological polar surface area (TPSA) is 67.1 Å². The van der Waals surface area contributed by atoms with E-state index >= 15 is 0 Å². The number of alkyl halides is 4. The van der Waals surface area contributed by atoms with Crippen molar-refractivity contribution >= 4 is 11.6 Å². The molecule has 0 fully saturated rings. The maximum absolute atomic E-state index is 12.6. The number of carbonyl (C=O) groups is 1. The molecule has 8 heteroatoms. The standard InChI is InChI=1S/C10H11F4N3O/c11-9(12)10(13,14)5-16-8(18)6-3-1-2-4-7(6)17-15/h1-4,9,17H,5,15H2,(H,16,18). The molecule has 100 valence electrons. The molecule has 0 aliphatic rings. The van der Waals surface area contributed by atoms with Crippen LogP contribution >= 0.6 is 0 Å². The second-order valence-electron chi connectivity index (χ2n) is 3.43. The van der Waals surface area contributed by atoms with Crippen molar-refractivity contribution in [3.63, 3.8) is 0 Å². The average molecular weight is 265 g/mol. The van der Waals surface area contributed by atoms with Crippen molar-refractivity contribution in [1.29, 1.82) is 0 Å². The van der Waals surface area contributed by atoms with E-state index in [1.165, 1.54) is 18.2 Å². The molecule has 0 atom stereocenters. The third-order valence-corrected chi connectivity index (χ3v) is 2.13. The molecule has 0 spiro atoms. The van der Waals surface area contributed by atoms with Crippen molar-refractivity contribution in [3.05, 3.63) is 29.8 Å². The Kier molecular flexibility index (Phi) is 4.49. The molecular weight excluding hydrogens is 254 g/mol. The highest BCUT2D eigenvalue weighted by molar-refractivity contribution is 5.99. The molecule has 4 nitrogen and oxygen atoms in total. The number of anilines is 1. The summed E-state index contributed by atoms with van der Waals surface area (Å²) >= 11 is 0. The molecule has 0 unspecified atom stereocenters. The molecule has 1 amide bonds. The maximum atomic E-state index is 12.6. The normalized spacial score (nSPS) is 11.4. The number of halogens is 4. The lowest BCUT2D eigenvalue weighted by Crippen LogP contribution is -2.41. The van der Waals surface area contributed by atoms with Crippen molar-refractivity contribution < 1.29 is 22.4 Å². The van der Waals surface area contributed by atoms with Crippen molar-refractivity contribution in [1.82, 2.24) is 5.32 Å². The minimum absolute atomic E-state index is 0.00920. The fraction of sp³-hybridized carbons (Fsp3) is 0.300. The number of benzene rings is 1. The zero-order valence-electron chi connectivity index (χ0n) is 9.09. The molecule has 0 heterocycles. The third kappa shape index (κ3) is 3.33. The first-order valence-electron chi connectivity index (χ1n) is 4.88. The molecule has 4 N–H and O–H groups in total. The highest BCUT2D eigenvalue weighted by Crippen LogP contribution is 2.22. The van der Waals surface area contributed by atoms with E-state index in [1.54, 1.807) is 11.4 Å². The number of para-hydroxylation sites is 1. The fourth-order valence-corrected chi connectivity index (χ4v) is 1.18. The molecule has 0 aliphatic heterocycles. The number of nitrogens with two attached hydrogens (primary N) is 1. The summed E-state index contributed by atoms with van der Waals surface area (Å²) in [5, 5.41) is 1.73. The van der Waals surface area contributed by atoms with E-state index in [4.69, 9.17) is 5.84 Å². The summed E-state index contributed by atoms with van der Waals surface area (Å²) in [5.74, 6) is -0.0558. The predicted molar refractivity (Wildman–Crippen MR) is 57.5 cm³/mol. The zero-order valence-corrected chi connectivity index (χ0v) is 9.09. The highest BCUT2D eigenvalue weighted by atomic mass is 19.3. The fourth-order valence-electron chi connectivity index (χ4n) is 1.18. The summed E-state index contributed by atoms with van der Waals surface area (Å²) in [6.45, 7) is -1.44. The smallest absolute Gasteiger partial charge is 0.324 e. The summed E-state index contributed by atoms with van der Waals surface area (Å²) in [6.07, 6.45) is -3.83. The van der Waals surface area contributed by atoms with Crippen LogP contribution in [0, 0.1) is 0 Å². The van der Waals surface area contributed by atoms with Gasteiger partial charge in [-0.1, -0.05) is 12.1 Å². The predicted octanol–water partition coefficient (Wildman–Crippen LogP) is 1.60. The molecule has 1 aromatic rings. The number of nitrogen functional groups attached to an aromatic ring is 1. The van der Waals surface area contributed by atoms with Gasteiger partial charge in [0, 0.05) is 0 Å². The summed E-state index contributed by atoms with van der Waals surface area (Å²) in [6, 6.07) is 5.83. The second kappa shape index (κ2) is 5.67. The van der Waals surface area contributed by atoms with Crippen LogP contribution in [0.4, 0.5) is 23.2 Å². The number of nitrogens with one attached hydrogen (secondary N) is 2. The van der Waals surface area contributed by atoms with Gasteiger partial charge in [0.1, 0.15) is 0 Å². The molecule has 1 rings (SSSR count). The number of hydrazine groups is 1. The molecule has 0 radical (unpaired) electrons. The maximum Gasteiger partial charge on any atom is 0.324 e. The van der Waals surface area contributed by atoms with Crippen molar-refractivity contribution in [3.8, 4) is 0 Å². The lowest BCUT2D eigenvalue weighted by Gasteiger charge is -2.16. The summed E-state index contributed by atoms with van der Waals surface area (Å²) < 4.78 is 49.0. The van der Waals surface area contributed by atoms with Crippen LogP contribution < -0.4 is 16.6 Å². The van der Waals surface area contributed by atoms with Gasteiger partial charge in [0.2, 0.25) is 0 Å². The summed E-state index contributed by atoms with van der Waals surface area (Å²) in [7, 11) is 0. The Bertz CT molecular complexity index is 425. The first-order chi connectivity index (χ1) is 8.38. The van der Waals surface area contributed by atoms with Gasteiger partial charge in [0.25, 0.3) is 5.91 Å². The zero-order chi connectivity index (χ0) is 13.8. The Morgan fingerprint density at radius 3 is 2.50 bits per heavy atom. The quantitative estimate of drug-likeness (QED) is 0.430. The average Bonchev–Trinajstić information content (AvgIpc) is 2.35. The van der Waals surface area contributed by atoms with Crippen LogP contribution in [-0.4, -0.2) is 24.8 Å². The monoisotopic (exact) mass is 265 g/mol. The molecule has 0 aliphatic carbocycles. The summed E-state index contributed by atoms with van der Waals surface area (Å²) in [4.78, 5) is 11.5. The van der Waals surface area contributed by atoms with E-state index in [-0.39, 0.29) is 11.3 Å². The molecular formula is C10H11F4N3O. The lowest BCUT2D eigenvalue weighted by molar-refractivity contribution is -0.123. The number of carbonyl (C=O) groups excluding carboxylic acids is 1. The van der Waals surface area contributed by atoms with Crippen LogP contribution in [0.5, 0.6) is 0 Å². The van der Waals surface area contributed by atoms with Crippen LogP contribution in [0.25, 0.3) is 0 Å². The second-order valence-corrected chi connectivity index (χ2v) is 3.43. The Labute approximate surface area is 100 Å². The number of hydrogen-bond acceptors (Lipinski definition) is 3. The van der Waals surface area contributed by atoms with Gasteiger partial charge in [-0.25, -0.2) is 8.78 Å². The SMILES string of the molecule is NNc1ccccc1C(=O)NCC(F)(F)C(F)F. The van der Waals surface area contributed by atoms with Gasteiger partial charge < -0.3 is 10.7 Å². The minimum Gasteiger partial charge on any atom is -0.346 e. The van der Waals surface area contributed by atoms with Crippen LogP contribution in [0.1, 0.15) is 10.4 Å². The first kappa shape index (κ1) is 14.2. The van der Waals surface area contributed by atoms with Crippen molar-refractivity contribution in [2.75, 3.05) is 12.0 Å². The van der Waals surface area contributed by atoms with Gasteiger partial charge in [-0.15, -0.1) is 0 Å². The van der Waals surface area contributed by atoms with E-state index in [1.807, 2.05) is 0 Å². The molecule has 0 aromatic heterocycles. The van der Waals surface area contributed by atoms with Crippen molar-refractivity contribution in [2.45, 2.75) is 12.3 Å². The first-order valence-corrected chi connectivity index (χ1v) is 4.88. The largest absolute Gasteiger partial charge is 0.346 e. The van der Waals surface area contributed by atoms with Crippen LogP contribution in [0.3, 0.4) is 0 Å². The van der Waals surface area contributed by atoms with Gasteiger partial charge in [-0.2, -0.15) is 8.78 Å². The Morgan fingerprint density at radius 2 is 1.94 bits per heavy atom. The van der Waals surface area contributed by atoms with Gasteiger partial charge >= 0.3 is 12.3 Å². The summed E-state index contributed by atoms with van der Waals surface area (Å²) in [5.41, 5.74) is 2.39. The van der Waals surface area contributed by atoms with E-state index in [9.17, 15) is 22.4 Å². The van der Waals surface area contributed by atoms with E-state index < -0.39 is 24.8 Å². The minimum atomic E-state index is -4.26. The molecule has 1 aromatic carbocycles. The molecule has 18 heavy (non-hydrogen) atoms. The van der Waals surface area contributed by atoms with E-state index in [0.717, 1.165) is 0 Å². The number of rotatable bonds is 5. The van der Waals surface area contributed by atoms with Gasteiger partial charge in [0.15, 0.2) is 0 Å². The number of hydrogen-bond donors (Lipinski definition) is 3. The Morgan fingerprint density at radius 1 is 1.33 bits per heavy atom. The molecule has 0 saturated carbocycles. The highest BCUT2D eigenvalue weighted by Gasteiger charge is 2.40. The van der Waals surface area contributed by atoms with Crippen LogP contribution in [-0.2, 0) is 0 Å². The van der Waals surface area contributed by atoms with E-state index in [0.29, 0.717) is 0 Å². The third-order valence-electron chi connectivity index (χ3n) is 2.13. The molecule has 0 bridgehead atoms. The van der Waals surface area contributed by atoms with Gasteiger partial charge in [-0.3, -0.25) is 10.6 Å². The molecule has 0 saturated heterocycles. The van der Waals surface area contributed by atoms with Gasteiger partial charge in [-0.05, 0) is 12.1 Å². The Hall–Kier alpha value is -1.83. The van der Waals surface area contributed by atoms with Crippen LogP contribution in [0.2, 0.25) is 0 Å². The van der Waals surface area contributed by atoms with Crippen LogP contribution in [0.15, 0.2) is 24.3 Å². The van der Waals surface area contributed by atoms with E-state index in [2.05, 4.69) is 5.43 Å². The number of amides is 1. The van der Waals surface area contributed by atoms with Gasteiger partial charge in [0.05, 0.1) is 17.8 Å². The lowest BCUT2D eigenvalue weighted by atomic mass is 10.1.